The molecule has 2 N–H and O–H groups in total. The number of aromatic carboxylic acids is 1. The van der Waals surface area contributed by atoms with Crippen LogP contribution in [0.3, 0.4) is 0 Å². The molecule has 0 saturated carbocycles. The maximum absolute atomic E-state index is 11.2. The second kappa shape index (κ2) is 5.86. The number of amides is 1. The number of carboxylic acids is 1. The summed E-state index contributed by atoms with van der Waals surface area (Å²) in [6.45, 7) is -0.0665. The molecule has 0 saturated heterocycles. The molecular weight excluding hydrogens is 226 g/mol. The van der Waals surface area contributed by atoms with Gasteiger partial charge in [-0.15, -0.1) is 0 Å². The van der Waals surface area contributed by atoms with Crippen LogP contribution < -0.4 is 10.1 Å². The molecular formula is C11H13NO5. The molecule has 0 fully saturated rings. The SMILES string of the molecule is COCC(=O)Nc1ccc(C(=O)O)c(OC)c1. The number of benzene rings is 1. The molecule has 6 heteroatoms. The first-order valence-electron chi connectivity index (χ1n) is 4.78. The van der Waals surface area contributed by atoms with Gasteiger partial charge in [0.05, 0.1) is 7.11 Å². The highest BCUT2D eigenvalue weighted by Gasteiger charge is 2.12. The number of hydrogen-bond acceptors (Lipinski definition) is 4. The van der Waals surface area contributed by atoms with Crippen LogP contribution in [0.1, 0.15) is 10.4 Å². The van der Waals surface area contributed by atoms with Crippen molar-refractivity contribution in [2.45, 2.75) is 0 Å². The molecule has 17 heavy (non-hydrogen) atoms. The fourth-order valence-electron chi connectivity index (χ4n) is 1.27. The van der Waals surface area contributed by atoms with E-state index in [1.807, 2.05) is 0 Å². The second-order valence-corrected chi connectivity index (χ2v) is 3.20. The van der Waals surface area contributed by atoms with Gasteiger partial charge in [0.25, 0.3) is 0 Å². The number of carbonyl (C=O) groups is 2. The molecule has 0 aliphatic carbocycles. The highest BCUT2D eigenvalue weighted by Crippen LogP contribution is 2.23. The molecule has 0 aliphatic rings. The van der Waals surface area contributed by atoms with Gasteiger partial charge in [0, 0.05) is 18.9 Å². The molecule has 6 nitrogen and oxygen atoms in total. The first-order valence-corrected chi connectivity index (χ1v) is 4.78. The van der Waals surface area contributed by atoms with Crippen molar-refractivity contribution >= 4 is 17.6 Å². The maximum Gasteiger partial charge on any atom is 0.339 e. The maximum atomic E-state index is 11.2. The number of rotatable bonds is 5. The predicted octanol–water partition coefficient (Wildman–Crippen LogP) is 0.978. The summed E-state index contributed by atoms with van der Waals surface area (Å²) in [6, 6.07) is 4.29. The first-order chi connectivity index (χ1) is 8.08. The monoisotopic (exact) mass is 239 g/mol. The van der Waals surface area contributed by atoms with Crippen molar-refractivity contribution < 1.29 is 24.2 Å². The zero-order valence-electron chi connectivity index (χ0n) is 9.52. The van der Waals surface area contributed by atoms with Gasteiger partial charge in [0.2, 0.25) is 5.91 Å². The molecule has 1 amide bonds. The molecule has 92 valence electrons. The Hall–Kier alpha value is -2.08. The molecule has 0 aromatic heterocycles. The summed E-state index contributed by atoms with van der Waals surface area (Å²) in [4.78, 5) is 22.1. The van der Waals surface area contributed by atoms with Gasteiger partial charge in [-0.25, -0.2) is 4.79 Å². The van der Waals surface area contributed by atoms with Gasteiger partial charge in [-0.2, -0.15) is 0 Å². The Kier molecular flexibility index (Phi) is 4.47. The minimum absolute atomic E-state index is 0.0391. The summed E-state index contributed by atoms with van der Waals surface area (Å²) < 4.78 is 9.58. The number of anilines is 1. The summed E-state index contributed by atoms with van der Waals surface area (Å²) in [5, 5.41) is 11.4. The van der Waals surface area contributed by atoms with Crippen molar-refractivity contribution in [2.24, 2.45) is 0 Å². The number of nitrogens with one attached hydrogen (secondary N) is 1. The average Bonchev–Trinajstić information content (AvgIpc) is 2.28. The minimum atomic E-state index is -1.09. The van der Waals surface area contributed by atoms with Gasteiger partial charge in [-0.05, 0) is 12.1 Å². The predicted molar refractivity (Wildman–Crippen MR) is 60.5 cm³/mol. The Morgan fingerprint density at radius 2 is 2.06 bits per heavy atom. The van der Waals surface area contributed by atoms with Gasteiger partial charge >= 0.3 is 5.97 Å². The van der Waals surface area contributed by atoms with E-state index in [0.29, 0.717) is 5.69 Å². The van der Waals surface area contributed by atoms with E-state index in [4.69, 9.17) is 9.84 Å². The number of methoxy groups -OCH3 is 2. The summed E-state index contributed by atoms with van der Waals surface area (Å²) in [6.07, 6.45) is 0. The molecule has 0 atom stereocenters. The van der Waals surface area contributed by atoms with Crippen molar-refractivity contribution in [3.8, 4) is 5.75 Å². The summed E-state index contributed by atoms with van der Waals surface area (Å²) in [7, 11) is 2.77. The zero-order chi connectivity index (χ0) is 12.8. The second-order valence-electron chi connectivity index (χ2n) is 3.20. The van der Waals surface area contributed by atoms with Crippen molar-refractivity contribution in [2.75, 3.05) is 26.1 Å². The van der Waals surface area contributed by atoms with Crippen LogP contribution >= 0.6 is 0 Å². The summed E-state index contributed by atoms with van der Waals surface area (Å²) >= 11 is 0. The van der Waals surface area contributed by atoms with E-state index in [1.54, 1.807) is 0 Å². The van der Waals surface area contributed by atoms with E-state index < -0.39 is 5.97 Å². The standard InChI is InChI=1S/C11H13NO5/c1-16-6-10(13)12-7-3-4-8(11(14)15)9(5-7)17-2/h3-5H,6H2,1-2H3,(H,12,13)(H,14,15). The molecule has 0 bridgehead atoms. The lowest BCUT2D eigenvalue weighted by Gasteiger charge is -2.08. The number of carbonyl (C=O) groups excluding carboxylic acids is 1. The quantitative estimate of drug-likeness (QED) is 0.800. The lowest BCUT2D eigenvalue weighted by Crippen LogP contribution is -2.17. The Labute approximate surface area is 98.2 Å². The number of ether oxygens (including phenoxy) is 2. The third kappa shape index (κ3) is 3.46. The lowest BCUT2D eigenvalue weighted by atomic mass is 10.2. The van der Waals surface area contributed by atoms with Crippen molar-refractivity contribution in [3.05, 3.63) is 23.8 Å². The number of carboxylic acid groups (broad SMARTS) is 1. The van der Waals surface area contributed by atoms with Gasteiger partial charge in [-0.3, -0.25) is 4.79 Å². The number of hydrogen-bond donors (Lipinski definition) is 2. The molecule has 1 aromatic carbocycles. The highest BCUT2D eigenvalue weighted by atomic mass is 16.5. The van der Waals surface area contributed by atoms with Crippen LogP contribution in [0.15, 0.2) is 18.2 Å². The Morgan fingerprint density at radius 3 is 2.59 bits per heavy atom. The normalized spacial score (nSPS) is 9.76. The molecule has 1 rings (SSSR count). The van der Waals surface area contributed by atoms with Crippen molar-refractivity contribution in [3.63, 3.8) is 0 Å². The average molecular weight is 239 g/mol. The van der Waals surface area contributed by atoms with Gasteiger partial charge in [0.1, 0.15) is 17.9 Å². The van der Waals surface area contributed by atoms with Gasteiger partial charge in [0.15, 0.2) is 0 Å². The van der Waals surface area contributed by atoms with E-state index in [0.717, 1.165) is 0 Å². The Bertz CT molecular complexity index is 430. The molecule has 0 radical (unpaired) electrons. The molecule has 0 unspecified atom stereocenters. The largest absolute Gasteiger partial charge is 0.496 e. The van der Waals surface area contributed by atoms with Crippen LogP contribution in [0.5, 0.6) is 5.75 Å². The molecule has 1 aromatic rings. The van der Waals surface area contributed by atoms with Gasteiger partial charge in [-0.1, -0.05) is 0 Å². The van der Waals surface area contributed by atoms with E-state index >= 15 is 0 Å². The lowest BCUT2D eigenvalue weighted by molar-refractivity contribution is -0.119. The third-order valence-electron chi connectivity index (χ3n) is 1.99. The van der Waals surface area contributed by atoms with Crippen LogP contribution in [-0.4, -0.2) is 37.8 Å². The van der Waals surface area contributed by atoms with Crippen molar-refractivity contribution in [1.29, 1.82) is 0 Å². The summed E-state index contributed by atoms with van der Waals surface area (Å²) in [5.41, 5.74) is 0.492. The van der Waals surface area contributed by atoms with E-state index in [9.17, 15) is 9.59 Å². The Morgan fingerprint density at radius 1 is 1.35 bits per heavy atom. The smallest absolute Gasteiger partial charge is 0.339 e. The van der Waals surface area contributed by atoms with Gasteiger partial charge < -0.3 is 19.9 Å². The molecule has 0 spiro atoms. The van der Waals surface area contributed by atoms with Crippen LogP contribution in [0.25, 0.3) is 0 Å². The third-order valence-corrected chi connectivity index (χ3v) is 1.99. The zero-order valence-corrected chi connectivity index (χ0v) is 9.52. The fraction of sp³-hybridized carbons (Fsp3) is 0.273. The molecule has 0 heterocycles. The molecule has 0 aliphatic heterocycles. The van der Waals surface area contributed by atoms with Crippen LogP contribution in [0, 0.1) is 0 Å². The van der Waals surface area contributed by atoms with Crippen LogP contribution in [-0.2, 0) is 9.53 Å². The van der Waals surface area contributed by atoms with E-state index in [2.05, 4.69) is 10.1 Å². The highest BCUT2D eigenvalue weighted by molar-refractivity contribution is 5.95. The first kappa shape index (κ1) is 13.0. The van der Waals surface area contributed by atoms with Crippen LogP contribution in [0.4, 0.5) is 5.69 Å². The Balaban J connectivity index is 2.90. The minimum Gasteiger partial charge on any atom is -0.496 e. The van der Waals surface area contributed by atoms with Crippen LogP contribution in [0.2, 0.25) is 0 Å². The van der Waals surface area contributed by atoms with E-state index in [1.165, 1.54) is 32.4 Å². The van der Waals surface area contributed by atoms with Crippen molar-refractivity contribution in [1.82, 2.24) is 0 Å². The fourth-order valence-corrected chi connectivity index (χ4v) is 1.27. The summed E-state index contributed by atoms with van der Waals surface area (Å²) in [5.74, 6) is -1.22. The van der Waals surface area contributed by atoms with E-state index in [-0.39, 0.29) is 23.8 Å². The topological polar surface area (TPSA) is 84.9 Å².